The van der Waals surface area contributed by atoms with Crippen LogP contribution in [0.15, 0.2) is 164 Å². The lowest BCUT2D eigenvalue weighted by Gasteiger charge is -2.28. The van der Waals surface area contributed by atoms with Crippen LogP contribution in [-0.4, -0.2) is 14.1 Å². The lowest BCUT2D eigenvalue weighted by atomic mass is 9.76. The summed E-state index contributed by atoms with van der Waals surface area (Å²) in [6.45, 7) is 29.7. The number of ether oxygens (including phenoxy) is 1. The van der Waals surface area contributed by atoms with Crippen LogP contribution in [0.1, 0.15) is 129 Å². The number of benzene rings is 6. The van der Waals surface area contributed by atoms with E-state index in [-0.39, 0.29) is 27.1 Å². The number of fused-ring (bicyclic) bond motifs is 3. The van der Waals surface area contributed by atoms with Gasteiger partial charge in [-0.15, -0.1) is 0 Å². The number of hydrogen-bond donors (Lipinski definition) is 0. The average molecular weight is 883 g/mol. The van der Waals surface area contributed by atoms with Crippen molar-refractivity contribution in [3.05, 3.63) is 209 Å². The van der Waals surface area contributed by atoms with Gasteiger partial charge in [-0.1, -0.05) is 181 Å². The molecule has 0 aliphatic heterocycles. The summed E-state index contributed by atoms with van der Waals surface area (Å²) in [4.78, 5) is 5.10. The van der Waals surface area contributed by atoms with Crippen LogP contribution in [0, 0.1) is 6.33 Å². The van der Waals surface area contributed by atoms with E-state index in [4.69, 9.17) is 9.72 Å². The number of hydrogen-bond acceptors (Lipinski definition) is 2. The lowest BCUT2D eigenvalue weighted by molar-refractivity contribution is -0.599. The Labute approximate surface area is 398 Å². The third-order valence-corrected chi connectivity index (χ3v) is 13.8. The second-order valence-electron chi connectivity index (χ2n) is 22.5. The molecule has 0 saturated carbocycles. The first-order valence-corrected chi connectivity index (χ1v) is 23.8. The summed E-state index contributed by atoms with van der Waals surface area (Å²) in [5.41, 5.74) is 12.0. The highest BCUT2D eigenvalue weighted by atomic mass is 16.5. The SMILES string of the molecule is CC(C)(C)c1cc(-[n+]2[c-]n(-c3cccc(Oc4cc(C(C)(C)c5ccccc5)c5c6ccccc6n(-c6cc(C(C)(C)c7ccccc7)ccn6)c5c4)c3)c(C(C)(C)C)c2)cc(C(C)(C)C)c1. The molecule has 67 heavy (non-hydrogen) atoms. The minimum absolute atomic E-state index is 0.00888. The zero-order valence-electron chi connectivity index (χ0n) is 41.8. The summed E-state index contributed by atoms with van der Waals surface area (Å²) >= 11 is 0. The second kappa shape index (κ2) is 16.6. The number of pyridine rings is 1. The van der Waals surface area contributed by atoms with Crippen LogP contribution in [-0.2, 0) is 27.1 Å². The Balaban J connectivity index is 1.21. The van der Waals surface area contributed by atoms with Crippen LogP contribution >= 0.6 is 0 Å². The molecule has 0 aliphatic rings. The van der Waals surface area contributed by atoms with E-state index in [1.54, 1.807) is 0 Å². The van der Waals surface area contributed by atoms with Gasteiger partial charge in [0.2, 0.25) is 0 Å². The fourth-order valence-electron chi connectivity index (χ4n) is 9.50. The minimum Gasteiger partial charge on any atom is -0.458 e. The van der Waals surface area contributed by atoms with Crippen molar-refractivity contribution in [1.29, 1.82) is 0 Å². The predicted octanol–water partition coefficient (Wildman–Crippen LogP) is 15.4. The van der Waals surface area contributed by atoms with Gasteiger partial charge in [0.05, 0.1) is 28.1 Å². The molecular formula is C62H66N4O. The van der Waals surface area contributed by atoms with E-state index in [0.29, 0.717) is 0 Å². The van der Waals surface area contributed by atoms with Crippen molar-refractivity contribution in [3.8, 4) is 28.7 Å². The van der Waals surface area contributed by atoms with E-state index in [2.05, 4.69) is 268 Å². The number of nitrogens with zero attached hydrogens (tertiary/aromatic N) is 4. The van der Waals surface area contributed by atoms with Crippen LogP contribution in [0.25, 0.3) is 39.0 Å². The summed E-state index contributed by atoms with van der Waals surface area (Å²) in [6.07, 6.45) is 7.97. The molecule has 6 aromatic carbocycles. The largest absolute Gasteiger partial charge is 0.458 e. The molecular weight excluding hydrogens is 817 g/mol. The average Bonchev–Trinajstić information content (AvgIpc) is 3.90. The molecule has 0 amide bonds. The highest BCUT2D eigenvalue weighted by Gasteiger charge is 2.31. The Kier molecular flexibility index (Phi) is 11.2. The molecule has 0 aliphatic carbocycles. The first kappa shape index (κ1) is 45.4. The first-order chi connectivity index (χ1) is 31.6. The van der Waals surface area contributed by atoms with E-state index in [1.807, 2.05) is 6.20 Å². The van der Waals surface area contributed by atoms with Crippen molar-refractivity contribution >= 4 is 21.8 Å². The van der Waals surface area contributed by atoms with Gasteiger partial charge in [0.25, 0.3) is 6.33 Å². The third kappa shape index (κ3) is 8.61. The van der Waals surface area contributed by atoms with Crippen LogP contribution in [0.4, 0.5) is 0 Å². The standard InChI is InChI=1S/C62H66N4O/c1-58(2,3)45-33-46(59(4,5)6)35-48(34-45)64-40-55(60(7,8)9)65(41-64)47-27-22-28-49(37-47)67-50-38-52(62(12,13)43-25-18-15-19-26-43)57-51-29-20-21-30-53(51)66(54(57)39-50)56-36-44(31-32-63-56)61(10,11)42-23-16-14-17-24-42/h14-40H,1-13H3. The Morgan fingerprint density at radius 3 is 1.73 bits per heavy atom. The van der Waals surface area contributed by atoms with Crippen molar-refractivity contribution in [3.63, 3.8) is 0 Å². The maximum atomic E-state index is 7.10. The molecule has 0 fully saturated rings. The number of aromatic nitrogens is 4. The van der Waals surface area contributed by atoms with E-state index >= 15 is 0 Å². The molecule has 0 spiro atoms. The summed E-state index contributed by atoms with van der Waals surface area (Å²) in [5.74, 6) is 2.36. The fourth-order valence-corrected chi connectivity index (χ4v) is 9.50. The Hall–Kier alpha value is -6.72. The number of para-hydroxylation sites is 1. The highest BCUT2D eigenvalue weighted by molar-refractivity contribution is 6.11. The van der Waals surface area contributed by atoms with Crippen molar-refractivity contribution < 1.29 is 9.30 Å². The molecule has 3 heterocycles. The molecule has 0 bridgehead atoms. The van der Waals surface area contributed by atoms with Gasteiger partial charge < -0.3 is 4.74 Å². The maximum absolute atomic E-state index is 7.10. The Morgan fingerprint density at radius 1 is 0.493 bits per heavy atom. The van der Waals surface area contributed by atoms with Crippen LogP contribution in [0.2, 0.25) is 0 Å². The summed E-state index contributed by atoms with van der Waals surface area (Å²) in [5, 5.41) is 2.36. The maximum Gasteiger partial charge on any atom is 0.269 e. The normalized spacial score (nSPS) is 12.9. The van der Waals surface area contributed by atoms with Gasteiger partial charge in [-0.05, 0) is 104 Å². The van der Waals surface area contributed by atoms with Crippen molar-refractivity contribution in [2.24, 2.45) is 0 Å². The smallest absolute Gasteiger partial charge is 0.269 e. The molecule has 0 unspecified atom stereocenters. The van der Waals surface area contributed by atoms with Crippen molar-refractivity contribution in [2.45, 2.75) is 117 Å². The van der Waals surface area contributed by atoms with Crippen molar-refractivity contribution in [1.82, 2.24) is 14.1 Å². The highest BCUT2D eigenvalue weighted by Crippen LogP contribution is 2.45. The molecule has 0 saturated heterocycles. The molecule has 340 valence electrons. The number of rotatable bonds is 9. The Morgan fingerprint density at radius 2 is 1.10 bits per heavy atom. The van der Waals surface area contributed by atoms with Gasteiger partial charge in [-0.3, -0.25) is 13.7 Å². The van der Waals surface area contributed by atoms with E-state index < -0.39 is 0 Å². The topological polar surface area (TPSA) is 35.9 Å². The van der Waals surface area contributed by atoms with Gasteiger partial charge in [-0.2, -0.15) is 0 Å². The fraction of sp³-hybridized carbons (Fsp3) is 0.290. The van der Waals surface area contributed by atoms with Crippen LogP contribution in [0.5, 0.6) is 11.5 Å². The molecule has 5 heteroatoms. The van der Waals surface area contributed by atoms with Gasteiger partial charge in [0, 0.05) is 40.1 Å². The zero-order valence-corrected chi connectivity index (χ0v) is 41.8. The summed E-state index contributed by atoms with van der Waals surface area (Å²) in [6, 6.07) is 54.6. The third-order valence-electron chi connectivity index (χ3n) is 13.8. The quantitative estimate of drug-likeness (QED) is 0.107. The molecule has 0 radical (unpaired) electrons. The Bertz CT molecular complexity index is 3220. The van der Waals surface area contributed by atoms with Gasteiger partial charge >= 0.3 is 0 Å². The molecule has 0 N–H and O–H groups in total. The van der Waals surface area contributed by atoms with Gasteiger partial charge in [0.1, 0.15) is 17.3 Å². The molecule has 0 atom stereocenters. The predicted molar refractivity (Wildman–Crippen MR) is 278 cm³/mol. The van der Waals surface area contributed by atoms with E-state index in [1.165, 1.54) is 44.2 Å². The van der Waals surface area contributed by atoms with Crippen molar-refractivity contribution in [2.75, 3.05) is 0 Å². The van der Waals surface area contributed by atoms with E-state index in [9.17, 15) is 0 Å². The van der Waals surface area contributed by atoms with Gasteiger partial charge in [0.15, 0.2) is 0 Å². The zero-order chi connectivity index (χ0) is 47.7. The molecule has 9 aromatic rings. The number of imidazole rings is 1. The van der Waals surface area contributed by atoms with E-state index in [0.717, 1.165) is 45.4 Å². The summed E-state index contributed by atoms with van der Waals surface area (Å²) < 4.78 is 13.8. The first-order valence-electron chi connectivity index (χ1n) is 23.8. The summed E-state index contributed by atoms with van der Waals surface area (Å²) in [7, 11) is 0. The second-order valence-corrected chi connectivity index (χ2v) is 22.5. The van der Waals surface area contributed by atoms with Crippen LogP contribution in [0.3, 0.4) is 0 Å². The molecule has 5 nitrogen and oxygen atoms in total. The van der Waals surface area contributed by atoms with Crippen LogP contribution < -0.4 is 9.30 Å². The monoisotopic (exact) mass is 883 g/mol. The molecule has 3 aromatic heterocycles. The lowest BCUT2D eigenvalue weighted by Crippen LogP contribution is -2.30. The minimum atomic E-state index is -0.382. The van der Waals surface area contributed by atoms with Gasteiger partial charge in [-0.25, -0.2) is 4.98 Å². The molecule has 9 rings (SSSR count).